The molecular formula is C14H17NO7S. The molecule has 1 aliphatic heterocycles. The number of amides is 1. The van der Waals surface area contributed by atoms with Gasteiger partial charge in [0.1, 0.15) is 5.54 Å². The molecular weight excluding hydrogens is 326 g/mol. The predicted molar refractivity (Wildman–Crippen MR) is 78.6 cm³/mol. The maximum Gasteiger partial charge on any atom is 0.408 e. The standard InChI is InChI=1S/C14H17NO7S/c1-9-3-5-11(6-4-9)23(20,21)22-10-7-14(2,12(16)17)15(8-10)13(18)19/h3-6,10H,7-8H2,1-2H3,(H,16,17)(H,18,19)/t10-,14-/m0/s1. The number of hydrogen-bond donors (Lipinski definition) is 2. The highest BCUT2D eigenvalue weighted by Gasteiger charge is 2.52. The van der Waals surface area contributed by atoms with Gasteiger partial charge in [0, 0.05) is 6.42 Å². The Morgan fingerprint density at radius 1 is 1.26 bits per heavy atom. The summed E-state index contributed by atoms with van der Waals surface area (Å²) in [5.74, 6) is -1.35. The van der Waals surface area contributed by atoms with Gasteiger partial charge in [-0.05, 0) is 26.0 Å². The molecule has 1 amide bonds. The van der Waals surface area contributed by atoms with Gasteiger partial charge in [-0.25, -0.2) is 9.59 Å². The van der Waals surface area contributed by atoms with E-state index in [1.807, 2.05) is 0 Å². The fourth-order valence-corrected chi connectivity index (χ4v) is 3.59. The number of aryl methyl sites for hydroxylation is 1. The molecule has 0 saturated carbocycles. The third kappa shape index (κ3) is 3.30. The highest BCUT2D eigenvalue weighted by molar-refractivity contribution is 7.86. The van der Waals surface area contributed by atoms with Crippen LogP contribution in [-0.4, -0.2) is 53.8 Å². The molecule has 23 heavy (non-hydrogen) atoms. The summed E-state index contributed by atoms with van der Waals surface area (Å²) in [5, 5.41) is 18.4. The topological polar surface area (TPSA) is 121 Å². The van der Waals surface area contributed by atoms with E-state index < -0.39 is 33.8 Å². The average Bonchev–Trinajstić information content (AvgIpc) is 2.77. The quantitative estimate of drug-likeness (QED) is 0.790. The Hall–Kier alpha value is -2.13. The van der Waals surface area contributed by atoms with Crippen LogP contribution < -0.4 is 0 Å². The molecule has 0 unspecified atom stereocenters. The maximum atomic E-state index is 12.2. The van der Waals surface area contributed by atoms with Gasteiger partial charge in [-0.15, -0.1) is 0 Å². The summed E-state index contributed by atoms with van der Waals surface area (Å²) in [7, 11) is -4.10. The summed E-state index contributed by atoms with van der Waals surface area (Å²) in [6.45, 7) is 2.70. The van der Waals surface area contributed by atoms with Gasteiger partial charge in [0.25, 0.3) is 10.1 Å². The van der Waals surface area contributed by atoms with Crippen molar-refractivity contribution in [1.82, 2.24) is 4.90 Å². The summed E-state index contributed by atoms with van der Waals surface area (Å²) in [6, 6.07) is 5.97. The van der Waals surface area contributed by atoms with E-state index in [-0.39, 0.29) is 17.9 Å². The van der Waals surface area contributed by atoms with Crippen LogP contribution in [-0.2, 0) is 19.1 Å². The number of benzene rings is 1. The number of rotatable bonds is 4. The normalized spacial score (nSPS) is 24.6. The molecule has 0 radical (unpaired) electrons. The molecule has 8 nitrogen and oxygen atoms in total. The number of hydrogen-bond acceptors (Lipinski definition) is 5. The lowest BCUT2D eigenvalue weighted by Gasteiger charge is -2.27. The van der Waals surface area contributed by atoms with E-state index in [1.54, 1.807) is 19.1 Å². The highest BCUT2D eigenvalue weighted by atomic mass is 32.2. The van der Waals surface area contributed by atoms with Crippen molar-refractivity contribution in [2.75, 3.05) is 6.54 Å². The van der Waals surface area contributed by atoms with Crippen molar-refractivity contribution in [2.24, 2.45) is 0 Å². The van der Waals surface area contributed by atoms with E-state index in [1.165, 1.54) is 19.1 Å². The number of likely N-dealkylation sites (tertiary alicyclic amines) is 1. The average molecular weight is 343 g/mol. The SMILES string of the molecule is Cc1ccc(S(=O)(=O)O[C@@H]2CN(C(=O)O)[C@](C)(C(=O)O)C2)cc1. The van der Waals surface area contributed by atoms with Crippen molar-refractivity contribution in [3.8, 4) is 0 Å². The molecule has 1 aliphatic rings. The lowest BCUT2D eigenvalue weighted by Crippen LogP contribution is -2.50. The lowest BCUT2D eigenvalue weighted by atomic mass is 9.99. The molecule has 1 saturated heterocycles. The van der Waals surface area contributed by atoms with E-state index in [0.717, 1.165) is 5.56 Å². The van der Waals surface area contributed by atoms with Crippen LogP contribution in [0.2, 0.25) is 0 Å². The second-order valence-corrected chi connectivity index (χ2v) is 7.23. The van der Waals surface area contributed by atoms with Gasteiger partial charge in [0.2, 0.25) is 0 Å². The van der Waals surface area contributed by atoms with E-state index in [9.17, 15) is 23.1 Å². The number of aliphatic carboxylic acids is 1. The molecule has 1 fully saturated rings. The van der Waals surface area contributed by atoms with Crippen molar-refractivity contribution in [2.45, 2.75) is 36.8 Å². The van der Waals surface area contributed by atoms with E-state index in [4.69, 9.17) is 9.29 Å². The van der Waals surface area contributed by atoms with Crippen molar-refractivity contribution in [3.63, 3.8) is 0 Å². The first-order valence-electron chi connectivity index (χ1n) is 6.80. The monoisotopic (exact) mass is 343 g/mol. The van der Waals surface area contributed by atoms with Crippen LogP contribution in [0.5, 0.6) is 0 Å². The van der Waals surface area contributed by atoms with Crippen molar-refractivity contribution < 1.29 is 32.4 Å². The van der Waals surface area contributed by atoms with Crippen molar-refractivity contribution >= 4 is 22.2 Å². The van der Waals surface area contributed by atoms with E-state index in [2.05, 4.69) is 0 Å². The predicted octanol–water partition coefficient (Wildman–Crippen LogP) is 1.30. The zero-order valence-corrected chi connectivity index (χ0v) is 13.4. The molecule has 1 aromatic carbocycles. The van der Waals surface area contributed by atoms with E-state index in [0.29, 0.717) is 4.90 Å². The molecule has 2 N–H and O–H groups in total. The minimum Gasteiger partial charge on any atom is -0.480 e. The van der Waals surface area contributed by atoms with Crippen LogP contribution in [0.15, 0.2) is 29.2 Å². The van der Waals surface area contributed by atoms with Gasteiger partial charge in [-0.2, -0.15) is 8.42 Å². The van der Waals surface area contributed by atoms with Crippen LogP contribution in [0, 0.1) is 6.92 Å². The summed E-state index contributed by atoms with van der Waals surface area (Å²) < 4.78 is 29.5. The second kappa shape index (κ2) is 5.82. The number of carboxylic acid groups (broad SMARTS) is 2. The van der Waals surface area contributed by atoms with Gasteiger partial charge in [-0.1, -0.05) is 17.7 Å². The second-order valence-electron chi connectivity index (χ2n) is 5.66. The molecule has 0 bridgehead atoms. The Kier molecular flexibility index (Phi) is 4.36. The molecule has 0 aromatic heterocycles. The van der Waals surface area contributed by atoms with Crippen LogP contribution in [0.3, 0.4) is 0 Å². The first-order valence-corrected chi connectivity index (χ1v) is 8.21. The summed E-state index contributed by atoms with van der Waals surface area (Å²) in [4.78, 5) is 23.2. The molecule has 2 atom stereocenters. The van der Waals surface area contributed by atoms with Gasteiger partial charge in [0.05, 0.1) is 17.5 Å². The fourth-order valence-electron chi connectivity index (χ4n) is 2.52. The molecule has 1 aromatic rings. The molecule has 0 spiro atoms. The minimum atomic E-state index is -4.10. The largest absolute Gasteiger partial charge is 0.480 e. The third-order valence-corrected chi connectivity index (χ3v) is 5.25. The van der Waals surface area contributed by atoms with E-state index >= 15 is 0 Å². The Bertz CT molecular complexity index is 728. The molecule has 2 rings (SSSR count). The van der Waals surface area contributed by atoms with Gasteiger partial charge in [-0.3, -0.25) is 9.08 Å². The first-order chi connectivity index (χ1) is 10.6. The third-order valence-electron chi connectivity index (χ3n) is 3.87. The zero-order chi connectivity index (χ0) is 17.4. The highest BCUT2D eigenvalue weighted by Crippen LogP contribution is 2.33. The Morgan fingerprint density at radius 3 is 2.26 bits per heavy atom. The Labute approximate surface area is 133 Å². The van der Waals surface area contributed by atoms with Gasteiger partial charge < -0.3 is 10.2 Å². The summed E-state index contributed by atoms with van der Waals surface area (Å²) in [5.41, 5.74) is -0.848. The number of carbonyl (C=O) groups is 2. The van der Waals surface area contributed by atoms with Gasteiger partial charge >= 0.3 is 12.1 Å². The smallest absolute Gasteiger partial charge is 0.408 e. The van der Waals surface area contributed by atoms with Crippen molar-refractivity contribution in [1.29, 1.82) is 0 Å². The molecule has 1 heterocycles. The van der Waals surface area contributed by atoms with Crippen LogP contribution >= 0.6 is 0 Å². The minimum absolute atomic E-state index is 0.0612. The maximum absolute atomic E-state index is 12.2. The van der Waals surface area contributed by atoms with Crippen molar-refractivity contribution in [3.05, 3.63) is 29.8 Å². The fraction of sp³-hybridized carbons (Fsp3) is 0.429. The number of nitrogens with zero attached hydrogens (tertiary/aromatic N) is 1. The lowest BCUT2D eigenvalue weighted by molar-refractivity contribution is -0.147. The first kappa shape index (κ1) is 17.2. The van der Waals surface area contributed by atoms with Crippen LogP contribution in [0.4, 0.5) is 4.79 Å². The zero-order valence-electron chi connectivity index (χ0n) is 12.6. The number of carboxylic acids is 1. The summed E-state index contributed by atoms with van der Waals surface area (Å²) in [6.07, 6.45) is -2.74. The van der Waals surface area contributed by atoms with Crippen LogP contribution in [0.1, 0.15) is 18.9 Å². The van der Waals surface area contributed by atoms with Crippen LogP contribution in [0.25, 0.3) is 0 Å². The van der Waals surface area contributed by atoms with Gasteiger partial charge in [0.15, 0.2) is 0 Å². The Morgan fingerprint density at radius 2 is 1.83 bits per heavy atom. The molecule has 126 valence electrons. The summed E-state index contributed by atoms with van der Waals surface area (Å²) >= 11 is 0. The molecule has 0 aliphatic carbocycles. The Balaban J connectivity index is 2.22. The molecule has 9 heteroatoms.